The summed E-state index contributed by atoms with van der Waals surface area (Å²) in [6.45, 7) is 0. The lowest BCUT2D eigenvalue weighted by atomic mass is 10.1. The highest BCUT2D eigenvalue weighted by atomic mass is 32.2. The van der Waals surface area contributed by atoms with Gasteiger partial charge < -0.3 is 0 Å². The number of nitrogens with one attached hydrogen (secondary N) is 2. The number of rotatable bonds is 5. The number of alkyl halides is 3. The van der Waals surface area contributed by atoms with E-state index in [1.165, 1.54) is 11.5 Å². The minimum absolute atomic E-state index is 0.0734. The molecule has 2 aromatic rings. The fourth-order valence-electron chi connectivity index (χ4n) is 1.48. The van der Waals surface area contributed by atoms with Crippen LogP contribution in [-0.2, 0) is 11.0 Å². The summed E-state index contributed by atoms with van der Waals surface area (Å²) in [4.78, 5) is 22.9. The van der Waals surface area contributed by atoms with Gasteiger partial charge in [-0.2, -0.15) is 13.2 Å². The molecule has 2 amide bonds. The Morgan fingerprint density at radius 1 is 1.29 bits per heavy atom. The van der Waals surface area contributed by atoms with Gasteiger partial charge in [-0.15, -0.1) is 10.2 Å². The van der Waals surface area contributed by atoms with Crippen LogP contribution in [0.3, 0.4) is 0 Å². The molecule has 0 saturated carbocycles. The molecule has 7 nitrogen and oxygen atoms in total. The van der Waals surface area contributed by atoms with Gasteiger partial charge in [0.05, 0.1) is 11.3 Å². The first-order valence-electron chi connectivity index (χ1n) is 6.17. The Morgan fingerprint density at radius 3 is 2.71 bits per heavy atom. The van der Waals surface area contributed by atoms with Gasteiger partial charge in [0.25, 0.3) is 11.8 Å². The number of hydrogen-bond acceptors (Lipinski definition) is 7. The normalized spacial score (nSPS) is 11.2. The fourth-order valence-corrected chi connectivity index (χ4v) is 3.02. The van der Waals surface area contributed by atoms with Gasteiger partial charge in [-0.3, -0.25) is 20.1 Å². The van der Waals surface area contributed by atoms with E-state index in [4.69, 9.17) is 5.21 Å². The molecule has 0 radical (unpaired) electrons. The first kappa shape index (κ1) is 18.2. The summed E-state index contributed by atoms with van der Waals surface area (Å²) in [6.07, 6.45) is -4.55. The highest BCUT2D eigenvalue weighted by Gasteiger charge is 2.30. The average molecular weight is 378 g/mol. The van der Waals surface area contributed by atoms with Gasteiger partial charge >= 0.3 is 6.18 Å². The topological polar surface area (TPSA) is 104 Å². The number of benzene rings is 1. The molecule has 12 heteroatoms. The van der Waals surface area contributed by atoms with Gasteiger partial charge in [-0.05, 0) is 18.2 Å². The van der Waals surface area contributed by atoms with Crippen LogP contribution in [0.2, 0.25) is 0 Å². The number of amides is 2. The summed E-state index contributed by atoms with van der Waals surface area (Å²) >= 11 is 1.92. The van der Waals surface area contributed by atoms with Crippen LogP contribution < -0.4 is 10.8 Å². The zero-order chi connectivity index (χ0) is 17.7. The third kappa shape index (κ3) is 4.91. The molecule has 0 bridgehead atoms. The number of hydrogen-bond donors (Lipinski definition) is 3. The number of hydroxylamine groups is 1. The number of halogens is 3. The Hall–Kier alpha value is -2.18. The molecule has 3 N–H and O–H groups in total. The Bertz CT molecular complexity index is 751. The zero-order valence-corrected chi connectivity index (χ0v) is 13.3. The molecule has 0 aliphatic heterocycles. The lowest BCUT2D eigenvalue weighted by molar-refractivity contribution is -0.137. The van der Waals surface area contributed by atoms with Crippen molar-refractivity contribution in [1.82, 2.24) is 15.7 Å². The van der Waals surface area contributed by atoms with E-state index in [0.29, 0.717) is 4.34 Å². The molecule has 0 aliphatic carbocycles. The SMILES string of the molecule is O=C(CSc1nnc(NC(=O)c2cccc(C(F)(F)F)c2)s1)NO. The molecule has 1 heterocycles. The Kier molecular flexibility index (Phi) is 5.75. The molecule has 0 atom stereocenters. The Balaban J connectivity index is 2.02. The van der Waals surface area contributed by atoms with Gasteiger partial charge in [-0.1, -0.05) is 29.2 Å². The van der Waals surface area contributed by atoms with Crippen LogP contribution in [0.15, 0.2) is 28.6 Å². The highest BCUT2D eigenvalue weighted by molar-refractivity contribution is 8.01. The van der Waals surface area contributed by atoms with Crippen molar-refractivity contribution in [3.8, 4) is 0 Å². The van der Waals surface area contributed by atoms with Crippen molar-refractivity contribution in [2.24, 2.45) is 0 Å². The van der Waals surface area contributed by atoms with E-state index in [1.807, 2.05) is 0 Å². The highest BCUT2D eigenvalue weighted by Crippen LogP contribution is 2.30. The Labute approximate surface area is 141 Å². The number of carbonyl (C=O) groups excluding carboxylic acids is 2. The second-order valence-electron chi connectivity index (χ2n) is 4.23. The number of carbonyl (C=O) groups is 2. The maximum absolute atomic E-state index is 12.6. The molecular formula is C12H9F3N4O3S2. The summed E-state index contributed by atoms with van der Waals surface area (Å²) in [5, 5.41) is 18.1. The summed E-state index contributed by atoms with van der Waals surface area (Å²) in [5.74, 6) is -1.50. The Morgan fingerprint density at radius 2 is 2.04 bits per heavy atom. The second kappa shape index (κ2) is 7.59. The third-order valence-corrected chi connectivity index (χ3v) is 4.50. The lowest BCUT2D eigenvalue weighted by Gasteiger charge is -2.08. The van der Waals surface area contributed by atoms with Crippen molar-refractivity contribution >= 4 is 40.0 Å². The van der Waals surface area contributed by atoms with Gasteiger partial charge in [0, 0.05) is 5.56 Å². The summed E-state index contributed by atoms with van der Waals surface area (Å²) in [6, 6.07) is 3.97. The van der Waals surface area contributed by atoms with Gasteiger partial charge in [0.1, 0.15) is 0 Å². The fraction of sp³-hybridized carbons (Fsp3) is 0.167. The molecule has 24 heavy (non-hydrogen) atoms. The molecule has 0 fully saturated rings. The number of thioether (sulfide) groups is 1. The molecule has 0 spiro atoms. The second-order valence-corrected chi connectivity index (χ2v) is 6.43. The summed E-state index contributed by atoms with van der Waals surface area (Å²) in [5.41, 5.74) is 0.344. The first-order valence-corrected chi connectivity index (χ1v) is 7.97. The molecule has 1 aromatic carbocycles. The molecule has 1 aromatic heterocycles. The molecule has 128 valence electrons. The van der Waals surface area contributed by atoms with E-state index in [-0.39, 0.29) is 16.4 Å². The summed E-state index contributed by atoms with van der Waals surface area (Å²) < 4.78 is 38.3. The lowest BCUT2D eigenvalue weighted by Crippen LogP contribution is -2.20. The summed E-state index contributed by atoms with van der Waals surface area (Å²) in [7, 11) is 0. The quantitative estimate of drug-likeness (QED) is 0.319. The van der Waals surface area contributed by atoms with Crippen LogP contribution in [0.25, 0.3) is 0 Å². The van der Waals surface area contributed by atoms with Crippen molar-refractivity contribution in [1.29, 1.82) is 0 Å². The third-order valence-electron chi connectivity index (χ3n) is 2.53. The van der Waals surface area contributed by atoms with Crippen molar-refractivity contribution in [2.45, 2.75) is 10.5 Å². The van der Waals surface area contributed by atoms with E-state index >= 15 is 0 Å². The predicted molar refractivity (Wildman–Crippen MR) is 80.0 cm³/mol. The minimum atomic E-state index is -4.55. The zero-order valence-electron chi connectivity index (χ0n) is 11.6. The van der Waals surface area contributed by atoms with E-state index < -0.39 is 23.6 Å². The van der Waals surface area contributed by atoms with E-state index in [0.717, 1.165) is 41.3 Å². The molecule has 0 saturated heterocycles. The standard InChI is InChI=1S/C12H9F3N4O3S2/c13-12(14,15)7-3-1-2-6(4-7)9(21)16-10-17-18-11(24-10)23-5-8(20)19-22/h1-4,22H,5H2,(H,19,20)(H,16,17,21). The molecule has 2 rings (SSSR count). The van der Waals surface area contributed by atoms with Crippen LogP contribution in [-0.4, -0.2) is 33.0 Å². The van der Waals surface area contributed by atoms with Crippen molar-refractivity contribution in [2.75, 3.05) is 11.1 Å². The van der Waals surface area contributed by atoms with Crippen molar-refractivity contribution in [3.63, 3.8) is 0 Å². The molecular weight excluding hydrogens is 369 g/mol. The first-order chi connectivity index (χ1) is 11.3. The average Bonchev–Trinajstić information content (AvgIpc) is 2.99. The van der Waals surface area contributed by atoms with Gasteiger partial charge in [-0.25, -0.2) is 5.48 Å². The predicted octanol–water partition coefficient (Wildman–Crippen LogP) is 2.41. The van der Waals surface area contributed by atoms with Crippen LogP contribution in [0.1, 0.15) is 15.9 Å². The molecule has 0 unspecified atom stereocenters. The molecule has 0 aliphatic rings. The largest absolute Gasteiger partial charge is 0.416 e. The van der Waals surface area contributed by atoms with Crippen LogP contribution in [0.4, 0.5) is 18.3 Å². The number of aromatic nitrogens is 2. The van der Waals surface area contributed by atoms with E-state index in [9.17, 15) is 22.8 Å². The maximum atomic E-state index is 12.6. The van der Waals surface area contributed by atoms with E-state index in [2.05, 4.69) is 15.5 Å². The van der Waals surface area contributed by atoms with Crippen LogP contribution in [0, 0.1) is 0 Å². The van der Waals surface area contributed by atoms with Gasteiger partial charge in [0.2, 0.25) is 5.13 Å². The van der Waals surface area contributed by atoms with Gasteiger partial charge in [0.15, 0.2) is 4.34 Å². The minimum Gasteiger partial charge on any atom is -0.296 e. The number of nitrogens with zero attached hydrogens (tertiary/aromatic N) is 2. The van der Waals surface area contributed by atoms with E-state index in [1.54, 1.807) is 0 Å². The smallest absolute Gasteiger partial charge is 0.296 e. The maximum Gasteiger partial charge on any atom is 0.416 e. The monoisotopic (exact) mass is 378 g/mol. The van der Waals surface area contributed by atoms with Crippen LogP contribution in [0.5, 0.6) is 0 Å². The van der Waals surface area contributed by atoms with Crippen molar-refractivity contribution in [3.05, 3.63) is 35.4 Å². The van der Waals surface area contributed by atoms with Crippen LogP contribution >= 0.6 is 23.1 Å². The van der Waals surface area contributed by atoms with Crippen molar-refractivity contribution < 1.29 is 28.0 Å². The number of anilines is 1.